The summed E-state index contributed by atoms with van der Waals surface area (Å²) in [6, 6.07) is 5.72. The summed E-state index contributed by atoms with van der Waals surface area (Å²) in [4.78, 5) is 23.2. The Morgan fingerprint density at radius 3 is 2.61 bits per heavy atom. The quantitative estimate of drug-likeness (QED) is 0.810. The fourth-order valence-corrected chi connectivity index (χ4v) is 2.22. The van der Waals surface area contributed by atoms with E-state index < -0.39 is 0 Å². The van der Waals surface area contributed by atoms with Gasteiger partial charge in [-0.2, -0.15) is 0 Å². The van der Waals surface area contributed by atoms with Crippen LogP contribution in [0.15, 0.2) is 18.2 Å². The smallest absolute Gasteiger partial charge is 0.223 e. The number of carbonyl (C=O) groups excluding carboxylic acids is 2. The number of Topliss-reactive ketones (excluding diaryl/α,β-unsaturated/α-hetero) is 1. The lowest BCUT2D eigenvalue weighted by atomic mass is 9.96. The number of benzene rings is 1. The van der Waals surface area contributed by atoms with Gasteiger partial charge in [-0.05, 0) is 37.3 Å². The lowest BCUT2D eigenvalue weighted by molar-refractivity contribution is -0.122. The molecule has 0 aromatic heterocycles. The molecule has 2 rings (SSSR count). The molecule has 1 amide bonds. The highest BCUT2D eigenvalue weighted by atomic mass is 16.2. The van der Waals surface area contributed by atoms with E-state index in [9.17, 15) is 9.59 Å². The van der Waals surface area contributed by atoms with Crippen LogP contribution in [0.4, 0.5) is 0 Å². The second-order valence-corrected chi connectivity index (χ2v) is 4.85. The Kier molecular flexibility index (Phi) is 3.80. The highest BCUT2D eigenvalue weighted by Gasteiger charge is 2.29. The van der Waals surface area contributed by atoms with Gasteiger partial charge in [0.25, 0.3) is 0 Å². The normalized spacial score (nSPS) is 14.3. The molecular formula is C15H19NO2. The van der Waals surface area contributed by atoms with E-state index in [1.54, 1.807) is 6.92 Å². The molecule has 0 heterocycles. The molecule has 96 valence electrons. The molecule has 0 unspecified atom stereocenters. The van der Waals surface area contributed by atoms with Crippen LogP contribution in [0.3, 0.4) is 0 Å². The van der Waals surface area contributed by atoms with Crippen molar-refractivity contribution < 1.29 is 9.59 Å². The number of hydrogen-bond donors (Lipinski definition) is 1. The fraction of sp³-hybridized carbons (Fsp3) is 0.467. The topological polar surface area (TPSA) is 46.2 Å². The van der Waals surface area contributed by atoms with E-state index >= 15 is 0 Å². The minimum absolute atomic E-state index is 0.0854. The van der Waals surface area contributed by atoms with E-state index in [1.807, 2.05) is 25.1 Å². The van der Waals surface area contributed by atoms with Crippen LogP contribution in [0.25, 0.3) is 0 Å². The Labute approximate surface area is 108 Å². The molecule has 1 aromatic rings. The van der Waals surface area contributed by atoms with E-state index in [4.69, 9.17) is 0 Å². The summed E-state index contributed by atoms with van der Waals surface area (Å²) in [6.45, 7) is 4.15. The summed E-state index contributed by atoms with van der Waals surface area (Å²) in [5, 5.41) is 2.95. The zero-order valence-corrected chi connectivity index (χ0v) is 11.0. The molecule has 0 bridgehead atoms. The van der Waals surface area contributed by atoms with Crippen molar-refractivity contribution in [3.8, 4) is 0 Å². The van der Waals surface area contributed by atoms with E-state index in [-0.39, 0.29) is 17.6 Å². The summed E-state index contributed by atoms with van der Waals surface area (Å²) < 4.78 is 0. The number of nitrogens with one attached hydrogen (secondary N) is 1. The third kappa shape index (κ3) is 2.78. The van der Waals surface area contributed by atoms with Gasteiger partial charge in [0.2, 0.25) is 5.91 Å². The molecule has 3 nitrogen and oxygen atoms in total. The maximum Gasteiger partial charge on any atom is 0.223 e. The van der Waals surface area contributed by atoms with Crippen LogP contribution in [-0.4, -0.2) is 11.7 Å². The van der Waals surface area contributed by atoms with Crippen molar-refractivity contribution in [3.05, 3.63) is 34.9 Å². The summed E-state index contributed by atoms with van der Waals surface area (Å²) in [7, 11) is 0. The lowest BCUT2D eigenvalue weighted by Crippen LogP contribution is -2.25. The summed E-state index contributed by atoms with van der Waals surface area (Å²) >= 11 is 0. The molecule has 0 spiro atoms. The first-order chi connectivity index (χ1) is 8.63. The largest absolute Gasteiger partial charge is 0.352 e. The maximum atomic E-state index is 11.6. The second kappa shape index (κ2) is 5.34. The Hall–Kier alpha value is -1.64. The first kappa shape index (κ1) is 12.8. The molecule has 0 saturated heterocycles. The van der Waals surface area contributed by atoms with Gasteiger partial charge in [-0.1, -0.05) is 25.1 Å². The number of carbonyl (C=O) groups is 2. The maximum absolute atomic E-state index is 11.6. The monoisotopic (exact) mass is 245 g/mol. The summed E-state index contributed by atoms with van der Waals surface area (Å²) in [5.41, 5.74) is 2.89. The van der Waals surface area contributed by atoms with Crippen LogP contribution in [0.2, 0.25) is 0 Å². The average molecular weight is 245 g/mol. The highest BCUT2D eigenvalue weighted by Crippen LogP contribution is 2.29. The zero-order chi connectivity index (χ0) is 13.1. The molecule has 1 aromatic carbocycles. The minimum Gasteiger partial charge on any atom is -0.352 e. The Bertz CT molecular complexity index is 475. The predicted octanol–water partition coefficient (Wildman–Crippen LogP) is 2.48. The number of hydrogen-bond acceptors (Lipinski definition) is 2. The zero-order valence-electron chi connectivity index (χ0n) is 11.0. The van der Waals surface area contributed by atoms with Crippen LogP contribution in [0.1, 0.15) is 48.2 Å². The van der Waals surface area contributed by atoms with E-state index in [0.717, 1.165) is 36.0 Å². The standard InChI is InChI=1S/C15H19NO2/c1-3-13-12(5-4-6-14(13)10(2)17)9-16-15(18)11-7-8-11/h4-6,11H,3,7-9H2,1-2H3,(H,16,18). The fourth-order valence-electron chi connectivity index (χ4n) is 2.22. The molecule has 18 heavy (non-hydrogen) atoms. The molecular weight excluding hydrogens is 226 g/mol. The number of amides is 1. The van der Waals surface area contributed by atoms with Crippen LogP contribution in [0, 0.1) is 5.92 Å². The Balaban J connectivity index is 2.13. The van der Waals surface area contributed by atoms with Crippen molar-refractivity contribution in [3.63, 3.8) is 0 Å². The van der Waals surface area contributed by atoms with Crippen molar-refractivity contribution >= 4 is 11.7 Å². The predicted molar refractivity (Wildman–Crippen MR) is 70.4 cm³/mol. The van der Waals surface area contributed by atoms with Gasteiger partial charge in [-0.3, -0.25) is 9.59 Å². The van der Waals surface area contributed by atoms with Gasteiger partial charge < -0.3 is 5.32 Å². The molecule has 1 saturated carbocycles. The molecule has 0 aliphatic heterocycles. The van der Waals surface area contributed by atoms with Gasteiger partial charge in [-0.25, -0.2) is 0 Å². The van der Waals surface area contributed by atoms with E-state index in [1.165, 1.54) is 0 Å². The van der Waals surface area contributed by atoms with E-state index in [0.29, 0.717) is 6.54 Å². The molecule has 1 aliphatic rings. The number of ketones is 1. The van der Waals surface area contributed by atoms with Crippen LogP contribution in [0.5, 0.6) is 0 Å². The van der Waals surface area contributed by atoms with Gasteiger partial charge in [0.05, 0.1) is 0 Å². The third-order valence-corrected chi connectivity index (χ3v) is 3.41. The molecule has 1 aliphatic carbocycles. The molecule has 1 N–H and O–H groups in total. The van der Waals surface area contributed by atoms with Crippen molar-refractivity contribution in [2.45, 2.75) is 39.7 Å². The molecule has 1 fully saturated rings. The summed E-state index contributed by atoms with van der Waals surface area (Å²) in [5.74, 6) is 0.457. The second-order valence-electron chi connectivity index (χ2n) is 4.85. The number of rotatable bonds is 5. The van der Waals surface area contributed by atoms with Gasteiger partial charge in [0.1, 0.15) is 0 Å². The van der Waals surface area contributed by atoms with Crippen LogP contribution < -0.4 is 5.32 Å². The van der Waals surface area contributed by atoms with Gasteiger partial charge in [0, 0.05) is 18.0 Å². The first-order valence-corrected chi connectivity index (χ1v) is 6.53. The van der Waals surface area contributed by atoms with Crippen molar-refractivity contribution in [2.75, 3.05) is 0 Å². The molecule has 0 atom stereocenters. The van der Waals surface area contributed by atoms with Gasteiger partial charge in [-0.15, -0.1) is 0 Å². The Morgan fingerprint density at radius 1 is 1.33 bits per heavy atom. The third-order valence-electron chi connectivity index (χ3n) is 3.41. The lowest BCUT2D eigenvalue weighted by Gasteiger charge is -2.12. The highest BCUT2D eigenvalue weighted by molar-refractivity contribution is 5.95. The SMILES string of the molecule is CCc1c(CNC(=O)C2CC2)cccc1C(C)=O. The molecule has 3 heteroatoms. The Morgan fingerprint density at radius 2 is 2.06 bits per heavy atom. The van der Waals surface area contributed by atoms with Crippen LogP contribution in [-0.2, 0) is 17.8 Å². The van der Waals surface area contributed by atoms with Crippen molar-refractivity contribution in [2.24, 2.45) is 5.92 Å². The van der Waals surface area contributed by atoms with E-state index in [2.05, 4.69) is 5.32 Å². The first-order valence-electron chi connectivity index (χ1n) is 6.53. The van der Waals surface area contributed by atoms with Crippen molar-refractivity contribution in [1.29, 1.82) is 0 Å². The van der Waals surface area contributed by atoms with Gasteiger partial charge >= 0.3 is 0 Å². The van der Waals surface area contributed by atoms with Crippen molar-refractivity contribution in [1.82, 2.24) is 5.32 Å². The average Bonchev–Trinajstić information content (AvgIpc) is 3.19. The van der Waals surface area contributed by atoms with Crippen LogP contribution >= 0.6 is 0 Å². The summed E-state index contributed by atoms with van der Waals surface area (Å²) in [6.07, 6.45) is 2.84. The molecule has 0 radical (unpaired) electrons. The van der Waals surface area contributed by atoms with Gasteiger partial charge in [0.15, 0.2) is 5.78 Å². The minimum atomic E-state index is 0.0854.